The van der Waals surface area contributed by atoms with Gasteiger partial charge in [-0.3, -0.25) is 4.79 Å². The quantitative estimate of drug-likeness (QED) is 0.831. The van der Waals surface area contributed by atoms with Crippen molar-refractivity contribution in [3.05, 3.63) is 35.4 Å². The summed E-state index contributed by atoms with van der Waals surface area (Å²) in [7, 11) is 0. The molecule has 4 heteroatoms. The maximum atomic E-state index is 12.4. The summed E-state index contributed by atoms with van der Waals surface area (Å²) < 4.78 is 11.7. The van der Waals surface area contributed by atoms with Crippen molar-refractivity contribution in [3.63, 3.8) is 0 Å². The number of benzene rings is 1. The summed E-state index contributed by atoms with van der Waals surface area (Å²) in [6.45, 7) is 6.41. The number of nitriles is 1. The average Bonchev–Trinajstić information content (AvgIpc) is 2.55. The summed E-state index contributed by atoms with van der Waals surface area (Å²) in [5.41, 5.74) is 0.735. The zero-order valence-corrected chi connectivity index (χ0v) is 13.5. The van der Waals surface area contributed by atoms with Gasteiger partial charge in [-0.1, -0.05) is 39.0 Å². The van der Waals surface area contributed by atoms with Gasteiger partial charge in [0, 0.05) is 17.4 Å². The topological polar surface area (TPSA) is 59.3 Å². The van der Waals surface area contributed by atoms with Gasteiger partial charge in [-0.25, -0.2) is 0 Å². The van der Waals surface area contributed by atoms with Crippen molar-refractivity contribution < 1.29 is 14.3 Å². The predicted octanol–water partition coefficient (Wildman–Crippen LogP) is 3.76. The molecule has 1 aromatic carbocycles. The zero-order valence-electron chi connectivity index (χ0n) is 13.5. The van der Waals surface area contributed by atoms with Crippen LogP contribution >= 0.6 is 0 Å². The molecule has 0 N–H and O–H groups in total. The van der Waals surface area contributed by atoms with Gasteiger partial charge in [0.2, 0.25) is 0 Å². The Morgan fingerprint density at radius 3 is 2.82 bits per heavy atom. The number of carbonyl (C=O) groups excluding carboxylic acids is 1. The minimum Gasteiger partial charge on any atom is -0.348 e. The summed E-state index contributed by atoms with van der Waals surface area (Å²) >= 11 is 0. The van der Waals surface area contributed by atoms with E-state index in [-0.39, 0.29) is 11.9 Å². The van der Waals surface area contributed by atoms with Crippen LogP contribution in [0.4, 0.5) is 0 Å². The number of ketones is 1. The van der Waals surface area contributed by atoms with Crippen LogP contribution in [0, 0.1) is 16.7 Å². The third-order valence-corrected chi connectivity index (χ3v) is 4.27. The Morgan fingerprint density at radius 2 is 2.14 bits per heavy atom. The number of hydrogen-bond donors (Lipinski definition) is 0. The average molecular weight is 301 g/mol. The van der Waals surface area contributed by atoms with Gasteiger partial charge in [0.25, 0.3) is 0 Å². The SMILES string of the molecule is CCCC(=O)C(C)(C)[C@@H]1CCO[C@H](c2ccccc2C#N)O1. The van der Waals surface area contributed by atoms with E-state index in [1.54, 1.807) is 6.07 Å². The van der Waals surface area contributed by atoms with E-state index in [0.717, 1.165) is 12.0 Å². The molecule has 1 fully saturated rings. The molecule has 0 aromatic heterocycles. The first-order valence-corrected chi connectivity index (χ1v) is 7.80. The lowest BCUT2D eigenvalue weighted by Crippen LogP contribution is -2.43. The highest BCUT2D eigenvalue weighted by atomic mass is 16.7. The highest BCUT2D eigenvalue weighted by molar-refractivity contribution is 5.84. The van der Waals surface area contributed by atoms with Gasteiger partial charge in [-0.15, -0.1) is 0 Å². The highest BCUT2D eigenvalue weighted by Gasteiger charge is 2.40. The van der Waals surface area contributed by atoms with Crippen LogP contribution in [0.5, 0.6) is 0 Å². The lowest BCUT2D eigenvalue weighted by atomic mass is 9.78. The van der Waals surface area contributed by atoms with E-state index >= 15 is 0 Å². The third-order valence-electron chi connectivity index (χ3n) is 4.27. The fraction of sp³-hybridized carbons (Fsp3) is 0.556. The summed E-state index contributed by atoms with van der Waals surface area (Å²) in [6.07, 6.45) is 1.31. The molecule has 4 nitrogen and oxygen atoms in total. The maximum Gasteiger partial charge on any atom is 0.185 e. The molecule has 0 aliphatic carbocycles. The molecule has 22 heavy (non-hydrogen) atoms. The molecular weight excluding hydrogens is 278 g/mol. The zero-order chi connectivity index (χ0) is 16.2. The molecule has 1 aromatic rings. The smallest absolute Gasteiger partial charge is 0.185 e. The molecule has 0 bridgehead atoms. The number of ether oxygens (including phenoxy) is 2. The minimum atomic E-state index is -0.580. The molecule has 0 amide bonds. The first-order chi connectivity index (χ1) is 10.5. The molecule has 1 aliphatic rings. The monoisotopic (exact) mass is 301 g/mol. The molecule has 0 unspecified atom stereocenters. The first-order valence-electron chi connectivity index (χ1n) is 7.80. The fourth-order valence-corrected chi connectivity index (χ4v) is 2.77. The fourth-order valence-electron chi connectivity index (χ4n) is 2.77. The normalized spacial score (nSPS) is 22.1. The van der Waals surface area contributed by atoms with Crippen LogP contribution in [0.15, 0.2) is 24.3 Å². The summed E-state index contributed by atoms with van der Waals surface area (Å²) in [5, 5.41) is 9.22. The van der Waals surface area contributed by atoms with Gasteiger partial charge in [0.05, 0.1) is 24.3 Å². The van der Waals surface area contributed by atoms with Crippen LogP contribution in [0.3, 0.4) is 0 Å². The van der Waals surface area contributed by atoms with Gasteiger partial charge >= 0.3 is 0 Å². The van der Waals surface area contributed by atoms with Crippen LogP contribution in [0.2, 0.25) is 0 Å². The van der Waals surface area contributed by atoms with Crippen LogP contribution in [-0.2, 0) is 14.3 Å². The second kappa shape index (κ2) is 7.04. The van der Waals surface area contributed by atoms with E-state index in [1.165, 1.54) is 0 Å². The predicted molar refractivity (Wildman–Crippen MR) is 83.0 cm³/mol. The highest BCUT2D eigenvalue weighted by Crippen LogP contribution is 2.37. The van der Waals surface area contributed by atoms with Crippen molar-refractivity contribution >= 4 is 5.78 Å². The molecule has 1 saturated heterocycles. The van der Waals surface area contributed by atoms with Crippen LogP contribution < -0.4 is 0 Å². The van der Waals surface area contributed by atoms with Gasteiger partial charge in [-0.2, -0.15) is 5.26 Å². The van der Waals surface area contributed by atoms with Crippen LogP contribution in [-0.4, -0.2) is 18.5 Å². The Kier molecular flexibility index (Phi) is 5.33. The number of Topliss-reactive ketones (excluding diaryl/α,β-unsaturated/α-hetero) is 1. The Bertz CT molecular complexity index is 574. The Morgan fingerprint density at radius 1 is 1.41 bits per heavy atom. The Hall–Kier alpha value is -1.70. The van der Waals surface area contributed by atoms with Crippen molar-refractivity contribution in [2.24, 2.45) is 5.41 Å². The minimum absolute atomic E-state index is 0.197. The molecule has 0 radical (unpaired) electrons. The van der Waals surface area contributed by atoms with E-state index in [4.69, 9.17) is 9.47 Å². The Balaban J connectivity index is 2.19. The van der Waals surface area contributed by atoms with Gasteiger partial charge < -0.3 is 9.47 Å². The van der Waals surface area contributed by atoms with Crippen LogP contribution in [0.25, 0.3) is 0 Å². The second-order valence-corrected chi connectivity index (χ2v) is 6.21. The van der Waals surface area contributed by atoms with E-state index < -0.39 is 11.7 Å². The molecule has 1 aliphatic heterocycles. The lowest BCUT2D eigenvalue weighted by molar-refractivity contribution is -0.238. The van der Waals surface area contributed by atoms with E-state index in [2.05, 4.69) is 6.07 Å². The Labute approximate surface area is 132 Å². The van der Waals surface area contributed by atoms with Gasteiger partial charge in [-0.05, 0) is 18.9 Å². The maximum absolute atomic E-state index is 12.4. The molecule has 1 heterocycles. The van der Waals surface area contributed by atoms with Crippen molar-refractivity contribution in [2.75, 3.05) is 6.61 Å². The molecule has 118 valence electrons. The summed E-state index contributed by atoms with van der Waals surface area (Å²) in [4.78, 5) is 12.4. The molecule has 2 rings (SSSR count). The molecular formula is C18H23NO3. The van der Waals surface area contributed by atoms with Crippen molar-refractivity contribution in [3.8, 4) is 6.07 Å². The van der Waals surface area contributed by atoms with E-state index in [0.29, 0.717) is 25.0 Å². The standard InChI is InChI=1S/C18H23NO3/c1-4-7-15(20)18(2,3)16-10-11-21-17(22-16)14-9-6-5-8-13(14)12-19/h5-6,8-9,16-17H,4,7,10-11H2,1-3H3/t16-,17-/m0/s1. The van der Waals surface area contributed by atoms with E-state index in [9.17, 15) is 10.1 Å². The number of hydrogen-bond acceptors (Lipinski definition) is 4. The van der Waals surface area contributed by atoms with Crippen molar-refractivity contribution in [2.45, 2.75) is 52.4 Å². The van der Waals surface area contributed by atoms with Crippen molar-refractivity contribution in [1.82, 2.24) is 0 Å². The number of carbonyl (C=O) groups is 1. The molecule has 2 atom stereocenters. The van der Waals surface area contributed by atoms with Gasteiger partial charge in [0.15, 0.2) is 6.29 Å². The molecule has 0 saturated carbocycles. The third kappa shape index (κ3) is 3.37. The summed E-state index contributed by atoms with van der Waals surface area (Å²) in [6, 6.07) is 9.43. The largest absolute Gasteiger partial charge is 0.348 e. The molecule has 0 spiro atoms. The van der Waals surface area contributed by atoms with Crippen molar-refractivity contribution in [1.29, 1.82) is 5.26 Å². The van der Waals surface area contributed by atoms with Crippen LogP contribution in [0.1, 0.15) is 57.5 Å². The number of rotatable bonds is 5. The second-order valence-electron chi connectivity index (χ2n) is 6.21. The summed E-state index contributed by atoms with van der Waals surface area (Å²) in [5.74, 6) is 0.217. The first kappa shape index (κ1) is 16.7. The van der Waals surface area contributed by atoms with E-state index in [1.807, 2.05) is 39.0 Å². The lowest BCUT2D eigenvalue weighted by Gasteiger charge is -2.39. The number of nitrogens with zero attached hydrogens (tertiary/aromatic N) is 1. The van der Waals surface area contributed by atoms with Gasteiger partial charge in [0.1, 0.15) is 5.78 Å².